The van der Waals surface area contributed by atoms with Crippen molar-refractivity contribution in [2.75, 3.05) is 10.6 Å². The van der Waals surface area contributed by atoms with Crippen molar-refractivity contribution < 1.29 is 9.18 Å². The van der Waals surface area contributed by atoms with E-state index in [9.17, 15) is 9.18 Å². The van der Waals surface area contributed by atoms with E-state index in [1.807, 2.05) is 13.8 Å². The number of hydrogen-bond donors (Lipinski definition) is 4. The van der Waals surface area contributed by atoms with Crippen molar-refractivity contribution in [3.63, 3.8) is 0 Å². The number of halogens is 1. The van der Waals surface area contributed by atoms with Gasteiger partial charge in [-0.3, -0.25) is 14.8 Å². The minimum Gasteiger partial charge on any atom is -0.365 e. The van der Waals surface area contributed by atoms with Gasteiger partial charge in [-0.2, -0.15) is 0 Å². The smallest absolute Gasteiger partial charge is 0.252 e. The number of anilines is 3. The summed E-state index contributed by atoms with van der Waals surface area (Å²) >= 11 is 0. The average Bonchev–Trinajstić information content (AvgIpc) is 2.68. The molecule has 0 saturated carbocycles. The van der Waals surface area contributed by atoms with Crippen LogP contribution in [0.2, 0.25) is 0 Å². The van der Waals surface area contributed by atoms with Crippen LogP contribution in [-0.4, -0.2) is 35.9 Å². The number of carbonyl (C=O) groups excluding carboxylic acids is 1. The second-order valence-electron chi connectivity index (χ2n) is 6.47. The summed E-state index contributed by atoms with van der Waals surface area (Å²) in [6.45, 7) is 9.05. The largest absolute Gasteiger partial charge is 0.365 e. The maximum Gasteiger partial charge on any atom is 0.252 e. The Hall–Kier alpha value is -3.33. The molecule has 29 heavy (non-hydrogen) atoms. The molecule has 0 aliphatic rings. The lowest BCUT2D eigenvalue weighted by Gasteiger charge is -2.22. The molecule has 9 heteroatoms. The van der Waals surface area contributed by atoms with E-state index in [-0.39, 0.29) is 29.3 Å². The van der Waals surface area contributed by atoms with E-state index in [0.29, 0.717) is 23.5 Å². The number of nitrogens with zero attached hydrogens (tertiary/aromatic N) is 3. The Labute approximate surface area is 169 Å². The number of pyridine rings is 1. The van der Waals surface area contributed by atoms with Crippen molar-refractivity contribution in [1.82, 2.24) is 4.98 Å². The topological polar surface area (TPSA) is 131 Å². The number of nitrogens with two attached hydrogens (primary N) is 2. The summed E-state index contributed by atoms with van der Waals surface area (Å²) in [5.74, 6) is -1.39. The van der Waals surface area contributed by atoms with Crippen LogP contribution in [0.4, 0.5) is 33.1 Å². The monoisotopic (exact) mass is 399 g/mol. The highest BCUT2D eigenvalue weighted by Gasteiger charge is 2.19. The summed E-state index contributed by atoms with van der Waals surface area (Å²) < 4.78 is 14.5. The van der Waals surface area contributed by atoms with Crippen molar-refractivity contribution in [2.24, 2.45) is 21.5 Å². The molecule has 0 unspecified atom stereocenters. The average molecular weight is 399 g/mol. The molecule has 0 aliphatic carbocycles. The van der Waals surface area contributed by atoms with Crippen LogP contribution in [0.3, 0.4) is 0 Å². The predicted molar refractivity (Wildman–Crippen MR) is 117 cm³/mol. The Bertz CT molecular complexity index is 927. The van der Waals surface area contributed by atoms with E-state index in [1.165, 1.54) is 0 Å². The number of amides is 1. The van der Waals surface area contributed by atoms with Gasteiger partial charge in [0.15, 0.2) is 11.6 Å². The fraction of sp³-hybridized carbons (Fsp3) is 0.300. The molecule has 1 heterocycles. The third kappa shape index (κ3) is 5.35. The van der Waals surface area contributed by atoms with E-state index in [1.54, 1.807) is 31.3 Å². The van der Waals surface area contributed by atoms with Gasteiger partial charge in [0.25, 0.3) is 5.91 Å². The summed E-state index contributed by atoms with van der Waals surface area (Å²) in [6.07, 6.45) is 2.30. The molecule has 1 aromatic heterocycles. The van der Waals surface area contributed by atoms with Gasteiger partial charge >= 0.3 is 0 Å². The molecular formula is C20H26FN7O. The van der Waals surface area contributed by atoms with Gasteiger partial charge in [-0.25, -0.2) is 9.37 Å². The highest BCUT2D eigenvalue weighted by Crippen LogP contribution is 2.32. The Morgan fingerprint density at radius 2 is 2.07 bits per heavy atom. The Balaban J connectivity index is 2.47. The molecule has 0 saturated heterocycles. The minimum atomic E-state index is -0.805. The standard InChI is InChI=1S/C20H26FN7O/c1-5-15(11(3)22)27-20-14(21)10-13(18(23)29)19(28-20)26-12-7-8-16(24-4)17(9-12)25-6-2/h6-11,15H,4-5,22H2,1-3H3,(H2,23,29)(H2,26,27,28)/t11-,15+/m0/s1. The minimum absolute atomic E-state index is 0.0159. The van der Waals surface area contributed by atoms with Gasteiger partial charge in [0.2, 0.25) is 0 Å². The van der Waals surface area contributed by atoms with Crippen LogP contribution in [0, 0.1) is 5.82 Å². The number of hydrogen-bond acceptors (Lipinski definition) is 7. The predicted octanol–water partition coefficient (Wildman–Crippen LogP) is 3.66. The van der Waals surface area contributed by atoms with Crippen LogP contribution in [0.1, 0.15) is 37.6 Å². The first-order valence-corrected chi connectivity index (χ1v) is 9.19. The van der Waals surface area contributed by atoms with Gasteiger partial charge in [0, 0.05) is 24.0 Å². The molecule has 154 valence electrons. The number of rotatable bonds is 9. The van der Waals surface area contributed by atoms with Crippen molar-refractivity contribution >= 4 is 47.5 Å². The quantitative estimate of drug-likeness (QED) is 0.478. The van der Waals surface area contributed by atoms with Crippen LogP contribution >= 0.6 is 0 Å². The van der Waals surface area contributed by atoms with E-state index >= 15 is 0 Å². The number of carbonyl (C=O) groups is 1. The molecule has 1 amide bonds. The van der Waals surface area contributed by atoms with Crippen LogP contribution in [0.5, 0.6) is 0 Å². The van der Waals surface area contributed by atoms with Gasteiger partial charge in [-0.05, 0) is 51.3 Å². The first-order valence-electron chi connectivity index (χ1n) is 9.19. The van der Waals surface area contributed by atoms with Crippen molar-refractivity contribution in [2.45, 2.75) is 39.3 Å². The molecule has 8 nitrogen and oxygen atoms in total. The summed E-state index contributed by atoms with van der Waals surface area (Å²) in [5.41, 5.74) is 13.0. The summed E-state index contributed by atoms with van der Waals surface area (Å²) in [6, 6.07) is 5.79. The third-order valence-electron chi connectivity index (χ3n) is 4.31. The maximum atomic E-state index is 14.5. The number of nitrogens with one attached hydrogen (secondary N) is 2. The summed E-state index contributed by atoms with van der Waals surface area (Å²) in [7, 11) is 0. The van der Waals surface area contributed by atoms with Crippen LogP contribution in [0.15, 0.2) is 34.3 Å². The third-order valence-corrected chi connectivity index (χ3v) is 4.31. The van der Waals surface area contributed by atoms with E-state index in [4.69, 9.17) is 11.5 Å². The summed E-state index contributed by atoms with van der Waals surface area (Å²) in [5, 5.41) is 5.99. The van der Waals surface area contributed by atoms with Crippen LogP contribution in [0.25, 0.3) is 0 Å². The van der Waals surface area contributed by atoms with Gasteiger partial charge in [0.05, 0.1) is 16.9 Å². The second-order valence-corrected chi connectivity index (χ2v) is 6.47. The Kier molecular flexibility index (Phi) is 7.38. The molecule has 0 spiro atoms. The lowest BCUT2D eigenvalue weighted by molar-refractivity contribution is 0.100. The number of primary amides is 1. The van der Waals surface area contributed by atoms with Crippen molar-refractivity contribution in [1.29, 1.82) is 0 Å². The Morgan fingerprint density at radius 1 is 1.34 bits per heavy atom. The van der Waals surface area contributed by atoms with E-state index < -0.39 is 11.7 Å². The number of benzene rings is 1. The molecule has 0 bridgehead atoms. The molecule has 0 aliphatic heterocycles. The molecule has 2 atom stereocenters. The Morgan fingerprint density at radius 3 is 2.62 bits per heavy atom. The van der Waals surface area contributed by atoms with E-state index in [0.717, 1.165) is 6.07 Å². The summed E-state index contributed by atoms with van der Waals surface area (Å²) in [4.78, 5) is 24.2. The second kappa shape index (κ2) is 9.74. The molecule has 6 N–H and O–H groups in total. The lowest BCUT2D eigenvalue weighted by Crippen LogP contribution is -2.38. The first kappa shape index (κ1) is 22.0. The highest BCUT2D eigenvalue weighted by atomic mass is 19.1. The molecule has 0 radical (unpaired) electrons. The van der Waals surface area contributed by atoms with Crippen LogP contribution < -0.4 is 22.1 Å². The first-order chi connectivity index (χ1) is 13.8. The fourth-order valence-electron chi connectivity index (χ4n) is 2.77. The highest BCUT2D eigenvalue weighted by molar-refractivity contribution is 5.98. The molecule has 0 fully saturated rings. The van der Waals surface area contributed by atoms with Crippen molar-refractivity contribution in [3.8, 4) is 0 Å². The molecule has 1 aromatic carbocycles. The van der Waals surface area contributed by atoms with Gasteiger partial charge in [-0.1, -0.05) is 6.92 Å². The number of aromatic nitrogens is 1. The molecular weight excluding hydrogens is 373 g/mol. The maximum absolute atomic E-state index is 14.5. The zero-order valence-corrected chi connectivity index (χ0v) is 16.7. The molecule has 2 aromatic rings. The zero-order valence-electron chi connectivity index (χ0n) is 16.7. The lowest BCUT2D eigenvalue weighted by atomic mass is 10.1. The fourth-order valence-corrected chi connectivity index (χ4v) is 2.77. The number of aliphatic imine (C=N–C) groups is 2. The van der Waals surface area contributed by atoms with E-state index in [2.05, 4.69) is 32.3 Å². The zero-order chi connectivity index (χ0) is 21.6. The molecule has 2 rings (SSSR count). The van der Waals surface area contributed by atoms with Gasteiger partial charge in [-0.15, -0.1) is 0 Å². The van der Waals surface area contributed by atoms with Gasteiger partial charge in [0.1, 0.15) is 5.82 Å². The van der Waals surface area contributed by atoms with Crippen LogP contribution in [-0.2, 0) is 0 Å². The normalized spacial score (nSPS) is 13.1. The SMILES string of the molecule is C=Nc1ccc(Nc2nc(N[C@H](CC)[C@H](C)N)c(F)cc2C(N)=O)cc1N=CC. The van der Waals surface area contributed by atoms with Gasteiger partial charge < -0.3 is 22.1 Å². The van der Waals surface area contributed by atoms with Crippen molar-refractivity contribution in [3.05, 3.63) is 35.6 Å².